The molecule has 0 N–H and O–H groups in total. The fourth-order valence-corrected chi connectivity index (χ4v) is 2.40. The Morgan fingerprint density at radius 2 is 1.59 bits per heavy atom. The molecule has 0 aliphatic carbocycles. The van der Waals surface area contributed by atoms with Gasteiger partial charge in [-0.15, -0.1) is 0 Å². The molecule has 92 valence electrons. The smallest absolute Gasteiger partial charge is 0.399 e. The lowest BCUT2D eigenvalue weighted by molar-refractivity contribution is 0.00578. The van der Waals surface area contributed by atoms with Crippen molar-refractivity contribution in [3.05, 3.63) is 27.3 Å². The van der Waals surface area contributed by atoms with Crippen LogP contribution < -0.4 is 5.46 Å². The zero-order chi connectivity index (χ0) is 12.8. The maximum atomic E-state index is 6.06. The summed E-state index contributed by atoms with van der Waals surface area (Å²) >= 11 is 2.33. The van der Waals surface area contributed by atoms with Gasteiger partial charge in [-0.25, -0.2) is 0 Å². The molecule has 2 nitrogen and oxygen atoms in total. The zero-order valence-corrected chi connectivity index (χ0v) is 13.2. The van der Waals surface area contributed by atoms with E-state index in [0.717, 1.165) is 5.46 Å². The average molecular weight is 344 g/mol. The van der Waals surface area contributed by atoms with Crippen LogP contribution in [0.15, 0.2) is 18.2 Å². The molecular formula is C13H18BIO2. The van der Waals surface area contributed by atoms with Gasteiger partial charge in [0.25, 0.3) is 0 Å². The molecule has 0 radical (unpaired) electrons. The molecule has 0 amide bonds. The highest BCUT2D eigenvalue weighted by atomic mass is 127. The van der Waals surface area contributed by atoms with Crippen molar-refractivity contribution in [2.24, 2.45) is 0 Å². The molecule has 1 saturated heterocycles. The van der Waals surface area contributed by atoms with Crippen molar-refractivity contribution in [3.63, 3.8) is 0 Å². The van der Waals surface area contributed by atoms with Gasteiger partial charge in [-0.3, -0.25) is 0 Å². The number of halogens is 1. The van der Waals surface area contributed by atoms with Crippen LogP contribution >= 0.6 is 22.6 Å². The van der Waals surface area contributed by atoms with Gasteiger partial charge in [0.15, 0.2) is 0 Å². The topological polar surface area (TPSA) is 18.5 Å². The summed E-state index contributed by atoms with van der Waals surface area (Å²) in [6.45, 7) is 10.4. The van der Waals surface area contributed by atoms with Crippen LogP contribution in [0.2, 0.25) is 0 Å². The van der Waals surface area contributed by atoms with E-state index in [9.17, 15) is 0 Å². The Hall–Kier alpha value is -0.0651. The third kappa shape index (κ3) is 2.40. The molecule has 0 unspecified atom stereocenters. The lowest BCUT2D eigenvalue weighted by atomic mass is 9.78. The van der Waals surface area contributed by atoms with E-state index in [1.54, 1.807) is 0 Å². The van der Waals surface area contributed by atoms with Gasteiger partial charge >= 0.3 is 7.12 Å². The first-order valence-electron chi connectivity index (χ1n) is 5.85. The fraction of sp³-hybridized carbons (Fsp3) is 0.538. The van der Waals surface area contributed by atoms with Crippen molar-refractivity contribution in [1.29, 1.82) is 0 Å². The van der Waals surface area contributed by atoms with E-state index < -0.39 is 0 Å². The molecule has 0 spiro atoms. The van der Waals surface area contributed by atoms with Crippen LogP contribution in [0.25, 0.3) is 0 Å². The number of benzene rings is 1. The van der Waals surface area contributed by atoms with Crippen LogP contribution in [-0.4, -0.2) is 18.3 Å². The quantitative estimate of drug-likeness (QED) is 0.576. The summed E-state index contributed by atoms with van der Waals surface area (Å²) in [6.07, 6.45) is 0. The molecule has 0 saturated carbocycles. The lowest BCUT2D eigenvalue weighted by Gasteiger charge is -2.32. The highest BCUT2D eigenvalue weighted by Gasteiger charge is 2.52. The Bertz CT molecular complexity index is 427. The summed E-state index contributed by atoms with van der Waals surface area (Å²) in [7, 11) is -0.258. The second-order valence-electron chi connectivity index (χ2n) is 5.61. The van der Waals surface area contributed by atoms with Crippen LogP contribution in [-0.2, 0) is 9.31 Å². The molecule has 0 aromatic heterocycles. The Labute approximate surface area is 117 Å². The third-order valence-electron chi connectivity index (χ3n) is 3.66. The fourth-order valence-electron chi connectivity index (χ4n) is 1.81. The van der Waals surface area contributed by atoms with E-state index in [1.807, 2.05) is 0 Å². The van der Waals surface area contributed by atoms with Crippen LogP contribution in [0, 0.1) is 10.5 Å². The van der Waals surface area contributed by atoms with Crippen LogP contribution in [0.1, 0.15) is 33.3 Å². The predicted octanol–water partition coefficient (Wildman–Crippen LogP) is 2.90. The van der Waals surface area contributed by atoms with Crippen molar-refractivity contribution in [1.82, 2.24) is 0 Å². The molecule has 4 heteroatoms. The van der Waals surface area contributed by atoms with Crippen molar-refractivity contribution in [2.45, 2.75) is 45.8 Å². The summed E-state index contributed by atoms with van der Waals surface area (Å²) in [5, 5.41) is 0. The molecule has 2 rings (SSSR count). The van der Waals surface area contributed by atoms with Gasteiger partial charge < -0.3 is 9.31 Å². The molecule has 1 aliphatic heterocycles. The minimum atomic E-state index is -0.273. The first kappa shape index (κ1) is 13.4. The number of hydrogen-bond donors (Lipinski definition) is 0. The van der Waals surface area contributed by atoms with Crippen molar-refractivity contribution >= 4 is 35.2 Å². The van der Waals surface area contributed by atoms with Crippen LogP contribution in [0.5, 0.6) is 0 Å². The van der Waals surface area contributed by atoms with Gasteiger partial charge in [-0.2, -0.15) is 0 Å². The minimum absolute atomic E-state index is 0.258. The van der Waals surface area contributed by atoms with E-state index >= 15 is 0 Å². The Kier molecular flexibility index (Phi) is 3.34. The van der Waals surface area contributed by atoms with Crippen LogP contribution in [0.3, 0.4) is 0 Å². The SMILES string of the molecule is Cc1ccc(I)c(B2OC(C)(C)C(C)(C)O2)c1. The number of hydrogen-bond acceptors (Lipinski definition) is 2. The Morgan fingerprint density at radius 3 is 2.12 bits per heavy atom. The van der Waals surface area contributed by atoms with Gasteiger partial charge in [-0.1, -0.05) is 17.7 Å². The predicted molar refractivity (Wildman–Crippen MR) is 79.6 cm³/mol. The van der Waals surface area contributed by atoms with Crippen molar-refractivity contribution in [2.75, 3.05) is 0 Å². The monoisotopic (exact) mass is 344 g/mol. The normalized spacial score (nSPS) is 21.9. The summed E-state index contributed by atoms with van der Waals surface area (Å²) in [5.41, 5.74) is 1.81. The largest absolute Gasteiger partial charge is 0.495 e. The van der Waals surface area contributed by atoms with Gasteiger partial charge in [0.1, 0.15) is 0 Å². The number of rotatable bonds is 1. The molecule has 1 aromatic rings. The van der Waals surface area contributed by atoms with E-state index in [-0.39, 0.29) is 18.3 Å². The van der Waals surface area contributed by atoms with E-state index in [4.69, 9.17) is 9.31 Å². The molecule has 1 aromatic carbocycles. The molecule has 1 aliphatic rings. The molecule has 1 fully saturated rings. The Balaban J connectivity index is 2.35. The maximum absolute atomic E-state index is 6.06. The standard InChI is InChI=1S/C13H18BIO2/c1-9-6-7-11(15)10(8-9)14-16-12(2,3)13(4,5)17-14/h6-8H,1-5H3. The molecule has 0 bridgehead atoms. The maximum Gasteiger partial charge on any atom is 0.495 e. The van der Waals surface area contributed by atoms with Crippen molar-refractivity contribution in [3.8, 4) is 0 Å². The van der Waals surface area contributed by atoms with Gasteiger partial charge in [0, 0.05) is 3.57 Å². The van der Waals surface area contributed by atoms with Gasteiger partial charge in [0.05, 0.1) is 11.2 Å². The Morgan fingerprint density at radius 1 is 1.06 bits per heavy atom. The summed E-state index contributed by atoms with van der Waals surface area (Å²) in [6, 6.07) is 6.36. The number of aryl methyl sites for hydroxylation is 1. The third-order valence-corrected chi connectivity index (χ3v) is 4.64. The molecule has 17 heavy (non-hydrogen) atoms. The second-order valence-corrected chi connectivity index (χ2v) is 6.78. The molecule has 0 atom stereocenters. The van der Waals surface area contributed by atoms with E-state index in [0.29, 0.717) is 0 Å². The van der Waals surface area contributed by atoms with E-state index in [2.05, 4.69) is 75.4 Å². The highest BCUT2D eigenvalue weighted by Crippen LogP contribution is 2.36. The van der Waals surface area contributed by atoms with Gasteiger partial charge in [-0.05, 0) is 68.7 Å². The first-order valence-corrected chi connectivity index (χ1v) is 6.92. The van der Waals surface area contributed by atoms with Crippen molar-refractivity contribution < 1.29 is 9.31 Å². The summed E-state index contributed by atoms with van der Waals surface area (Å²) in [4.78, 5) is 0. The molecule has 1 heterocycles. The summed E-state index contributed by atoms with van der Waals surface area (Å²) in [5.74, 6) is 0. The van der Waals surface area contributed by atoms with Crippen LogP contribution in [0.4, 0.5) is 0 Å². The van der Waals surface area contributed by atoms with Gasteiger partial charge in [0.2, 0.25) is 0 Å². The zero-order valence-electron chi connectivity index (χ0n) is 11.0. The lowest BCUT2D eigenvalue weighted by Crippen LogP contribution is -2.41. The molecular weight excluding hydrogens is 326 g/mol. The second kappa shape index (κ2) is 4.25. The summed E-state index contributed by atoms with van der Waals surface area (Å²) < 4.78 is 13.3. The first-order chi connectivity index (χ1) is 7.73. The minimum Gasteiger partial charge on any atom is -0.399 e. The highest BCUT2D eigenvalue weighted by molar-refractivity contribution is 14.1. The average Bonchev–Trinajstić information content (AvgIpc) is 2.40. The van der Waals surface area contributed by atoms with E-state index in [1.165, 1.54) is 9.13 Å².